The summed E-state index contributed by atoms with van der Waals surface area (Å²) in [6.45, 7) is 9.87. The molecule has 0 atom stereocenters. The van der Waals surface area contributed by atoms with Gasteiger partial charge in [0, 0.05) is 42.7 Å². The second kappa shape index (κ2) is 7.63. The molecule has 0 aliphatic carbocycles. The third-order valence-corrected chi connectivity index (χ3v) is 6.09. The predicted octanol–water partition coefficient (Wildman–Crippen LogP) is 3.84. The average Bonchev–Trinajstić information content (AvgIpc) is 3.37. The Labute approximate surface area is 187 Å². The minimum Gasteiger partial charge on any atom is -0.369 e. The van der Waals surface area contributed by atoms with Gasteiger partial charge < -0.3 is 20.1 Å². The summed E-state index contributed by atoms with van der Waals surface area (Å²) in [7, 11) is 2.16. The molecule has 8 nitrogen and oxygen atoms in total. The van der Waals surface area contributed by atoms with Crippen LogP contribution >= 0.6 is 0 Å². The van der Waals surface area contributed by atoms with Crippen LogP contribution < -0.4 is 10.2 Å². The first-order chi connectivity index (χ1) is 15.3. The van der Waals surface area contributed by atoms with Crippen molar-refractivity contribution in [3.05, 3.63) is 36.4 Å². The molecule has 3 N–H and O–H groups in total. The number of hydrogen-bond acceptors (Lipinski definition) is 5. The van der Waals surface area contributed by atoms with Crippen molar-refractivity contribution in [1.82, 2.24) is 25.1 Å². The van der Waals surface area contributed by atoms with E-state index in [1.807, 2.05) is 39.0 Å². The normalized spacial score (nSPS) is 15.6. The van der Waals surface area contributed by atoms with Gasteiger partial charge in [0.1, 0.15) is 5.69 Å². The molecule has 4 aromatic rings. The summed E-state index contributed by atoms with van der Waals surface area (Å²) in [6.07, 6.45) is 0. The van der Waals surface area contributed by atoms with E-state index in [1.54, 1.807) is 0 Å². The first kappa shape index (κ1) is 20.5. The number of piperazine rings is 1. The molecule has 1 fully saturated rings. The van der Waals surface area contributed by atoms with E-state index < -0.39 is 5.41 Å². The van der Waals surface area contributed by atoms with Gasteiger partial charge in [-0.15, -0.1) is 0 Å². The van der Waals surface area contributed by atoms with E-state index >= 15 is 0 Å². The van der Waals surface area contributed by atoms with Gasteiger partial charge in [-0.2, -0.15) is 5.10 Å². The van der Waals surface area contributed by atoms with E-state index in [0.717, 1.165) is 59.5 Å². The van der Waals surface area contributed by atoms with Gasteiger partial charge in [0.2, 0.25) is 5.91 Å². The largest absolute Gasteiger partial charge is 0.369 e. The standard InChI is InChI=1S/C24H29N7O/c1-24(2,3)23(32)27-18-7-5-6-16-20(18)28-29-21(16)22-25-17-9-8-15(14-19(17)26-22)31-12-10-30(4)11-13-31/h5-9,14H,10-13H2,1-4H3,(H,25,26)(H,27,32)(H,28,29). The number of aromatic amines is 2. The van der Waals surface area contributed by atoms with Gasteiger partial charge in [-0.05, 0) is 31.3 Å². The van der Waals surface area contributed by atoms with Gasteiger partial charge in [0.25, 0.3) is 0 Å². The fourth-order valence-corrected chi connectivity index (χ4v) is 4.01. The molecule has 1 amide bonds. The number of carbonyl (C=O) groups excluding carboxylic acids is 1. The summed E-state index contributed by atoms with van der Waals surface area (Å²) in [6, 6.07) is 12.2. The fourth-order valence-electron chi connectivity index (χ4n) is 4.01. The van der Waals surface area contributed by atoms with Crippen molar-refractivity contribution in [2.45, 2.75) is 20.8 Å². The van der Waals surface area contributed by atoms with Crippen LogP contribution in [-0.2, 0) is 4.79 Å². The topological polar surface area (TPSA) is 92.9 Å². The van der Waals surface area contributed by atoms with E-state index in [1.165, 1.54) is 5.69 Å². The highest BCUT2D eigenvalue weighted by Gasteiger charge is 2.23. The minimum absolute atomic E-state index is 0.0404. The molecule has 0 saturated carbocycles. The van der Waals surface area contributed by atoms with E-state index in [0.29, 0.717) is 5.82 Å². The van der Waals surface area contributed by atoms with Crippen molar-refractivity contribution < 1.29 is 4.79 Å². The van der Waals surface area contributed by atoms with Crippen LogP contribution in [0.3, 0.4) is 0 Å². The van der Waals surface area contributed by atoms with Gasteiger partial charge >= 0.3 is 0 Å². The zero-order valence-corrected chi connectivity index (χ0v) is 19.0. The van der Waals surface area contributed by atoms with E-state index in [9.17, 15) is 4.79 Å². The number of nitrogens with one attached hydrogen (secondary N) is 3. The Hall–Kier alpha value is -3.39. The number of imidazole rings is 1. The quantitative estimate of drug-likeness (QED) is 0.458. The van der Waals surface area contributed by atoms with Gasteiger partial charge in [-0.25, -0.2) is 4.98 Å². The lowest BCUT2D eigenvalue weighted by molar-refractivity contribution is -0.123. The summed E-state index contributed by atoms with van der Waals surface area (Å²) >= 11 is 0. The third-order valence-electron chi connectivity index (χ3n) is 6.09. The molecule has 2 aromatic heterocycles. The molecule has 3 heterocycles. The lowest BCUT2D eigenvalue weighted by Gasteiger charge is -2.34. The highest BCUT2D eigenvalue weighted by Crippen LogP contribution is 2.32. The Kier molecular flexibility index (Phi) is 4.89. The average molecular weight is 432 g/mol. The maximum absolute atomic E-state index is 12.5. The minimum atomic E-state index is -0.481. The zero-order chi connectivity index (χ0) is 22.5. The molecule has 0 bridgehead atoms. The number of fused-ring (bicyclic) bond motifs is 2. The molecule has 8 heteroatoms. The molecule has 5 rings (SSSR count). The predicted molar refractivity (Wildman–Crippen MR) is 129 cm³/mol. The van der Waals surface area contributed by atoms with Crippen molar-refractivity contribution in [2.75, 3.05) is 43.4 Å². The maximum atomic E-state index is 12.5. The van der Waals surface area contributed by atoms with Gasteiger partial charge in [-0.3, -0.25) is 9.89 Å². The van der Waals surface area contributed by atoms with Crippen LogP contribution in [0.2, 0.25) is 0 Å². The van der Waals surface area contributed by atoms with Crippen LogP contribution in [0.15, 0.2) is 36.4 Å². The van der Waals surface area contributed by atoms with Crippen LogP contribution in [0.1, 0.15) is 20.8 Å². The first-order valence-corrected chi connectivity index (χ1v) is 11.0. The number of likely N-dealkylation sites (N-methyl/N-ethyl adjacent to an activating group) is 1. The summed E-state index contributed by atoms with van der Waals surface area (Å²) in [5.74, 6) is 0.669. The summed E-state index contributed by atoms with van der Waals surface area (Å²) in [5, 5.41) is 11.5. The number of carbonyl (C=O) groups is 1. The maximum Gasteiger partial charge on any atom is 0.229 e. The van der Waals surface area contributed by atoms with Crippen molar-refractivity contribution >= 4 is 39.2 Å². The van der Waals surface area contributed by atoms with Crippen molar-refractivity contribution in [2.24, 2.45) is 5.41 Å². The number of para-hydroxylation sites is 1. The van der Waals surface area contributed by atoms with Gasteiger partial charge in [-0.1, -0.05) is 32.9 Å². The van der Waals surface area contributed by atoms with Gasteiger partial charge in [0.15, 0.2) is 5.82 Å². The lowest BCUT2D eigenvalue weighted by Crippen LogP contribution is -2.44. The Morgan fingerprint density at radius 2 is 1.88 bits per heavy atom. The van der Waals surface area contributed by atoms with Crippen molar-refractivity contribution in [3.63, 3.8) is 0 Å². The number of rotatable bonds is 3. The Balaban J connectivity index is 1.48. The molecule has 32 heavy (non-hydrogen) atoms. The van der Waals surface area contributed by atoms with Crippen LogP contribution in [0.4, 0.5) is 11.4 Å². The van der Waals surface area contributed by atoms with E-state index in [-0.39, 0.29) is 5.91 Å². The molecule has 0 radical (unpaired) electrons. The second-order valence-electron chi connectivity index (χ2n) is 9.58. The highest BCUT2D eigenvalue weighted by molar-refractivity contribution is 6.05. The Morgan fingerprint density at radius 1 is 1.09 bits per heavy atom. The van der Waals surface area contributed by atoms with Crippen molar-refractivity contribution in [3.8, 4) is 11.5 Å². The molecule has 1 aliphatic rings. The summed E-state index contributed by atoms with van der Waals surface area (Å²) in [4.78, 5) is 25.5. The zero-order valence-electron chi connectivity index (χ0n) is 19.0. The van der Waals surface area contributed by atoms with Crippen LogP contribution in [0.5, 0.6) is 0 Å². The third kappa shape index (κ3) is 3.71. The lowest BCUT2D eigenvalue weighted by atomic mass is 9.95. The van der Waals surface area contributed by atoms with E-state index in [2.05, 4.69) is 55.5 Å². The smallest absolute Gasteiger partial charge is 0.229 e. The number of aromatic nitrogens is 4. The Bertz CT molecular complexity index is 1290. The van der Waals surface area contributed by atoms with Crippen LogP contribution in [-0.4, -0.2) is 64.2 Å². The number of amides is 1. The number of H-pyrrole nitrogens is 2. The van der Waals surface area contributed by atoms with E-state index in [4.69, 9.17) is 4.98 Å². The number of anilines is 2. The molecule has 0 unspecified atom stereocenters. The fraction of sp³-hybridized carbons (Fsp3) is 0.375. The van der Waals surface area contributed by atoms with Gasteiger partial charge in [0.05, 0.1) is 22.2 Å². The molecule has 1 aliphatic heterocycles. The van der Waals surface area contributed by atoms with Crippen LogP contribution in [0.25, 0.3) is 33.5 Å². The van der Waals surface area contributed by atoms with Crippen molar-refractivity contribution in [1.29, 1.82) is 0 Å². The highest BCUT2D eigenvalue weighted by atomic mass is 16.2. The number of benzene rings is 2. The second-order valence-corrected chi connectivity index (χ2v) is 9.58. The summed E-state index contributed by atoms with van der Waals surface area (Å²) < 4.78 is 0. The summed E-state index contributed by atoms with van der Waals surface area (Å²) in [5.41, 5.74) is 4.87. The number of hydrogen-bond donors (Lipinski definition) is 3. The molecular formula is C24H29N7O. The monoisotopic (exact) mass is 431 g/mol. The molecule has 0 spiro atoms. The molecule has 166 valence electrons. The van der Waals surface area contributed by atoms with Crippen LogP contribution in [0, 0.1) is 5.41 Å². The molecule has 1 saturated heterocycles. The number of nitrogens with zero attached hydrogens (tertiary/aromatic N) is 4. The SMILES string of the molecule is CN1CCN(c2ccc3nc(-c4n[nH]c5c(NC(=O)C(C)(C)C)cccc45)[nH]c3c2)CC1. The molecule has 2 aromatic carbocycles. The molecular weight excluding hydrogens is 402 g/mol. The Morgan fingerprint density at radius 3 is 2.62 bits per heavy atom. The first-order valence-electron chi connectivity index (χ1n) is 11.0.